The average Bonchev–Trinajstić information content (AvgIpc) is 3.54. The van der Waals surface area contributed by atoms with E-state index in [0.717, 1.165) is 40.3 Å². The molecule has 1 N–H and O–H groups in total. The van der Waals surface area contributed by atoms with Crippen LogP contribution in [0.3, 0.4) is 0 Å². The van der Waals surface area contributed by atoms with E-state index in [4.69, 9.17) is 4.74 Å². The molecule has 0 saturated carbocycles. The second kappa shape index (κ2) is 14.7. The van der Waals surface area contributed by atoms with Crippen molar-refractivity contribution in [2.24, 2.45) is 4.99 Å². The molecule has 1 aliphatic heterocycles. The van der Waals surface area contributed by atoms with Gasteiger partial charge in [-0.2, -0.15) is 4.99 Å². The Hall–Kier alpha value is -4.52. The Labute approximate surface area is 282 Å². The van der Waals surface area contributed by atoms with Crippen LogP contribution in [0.4, 0.5) is 23.7 Å². The molecule has 3 unspecified atom stereocenters. The van der Waals surface area contributed by atoms with Gasteiger partial charge in [-0.15, -0.1) is 18.3 Å². The zero-order valence-electron chi connectivity index (χ0n) is 27.7. The van der Waals surface area contributed by atoms with Gasteiger partial charge in [-0.3, -0.25) is 0 Å². The predicted octanol–water partition coefficient (Wildman–Crippen LogP) is 8.55. The highest BCUT2D eigenvalue weighted by atomic mass is 32.2. The van der Waals surface area contributed by atoms with E-state index in [1.165, 1.54) is 35.3 Å². The summed E-state index contributed by atoms with van der Waals surface area (Å²) in [5, 5.41) is 8.22. The van der Waals surface area contributed by atoms with Crippen molar-refractivity contribution in [3.8, 4) is 28.6 Å². The van der Waals surface area contributed by atoms with Gasteiger partial charge in [-0.05, 0) is 79.8 Å². The Morgan fingerprint density at radius 1 is 1.02 bits per heavy atom. The number of ether oxygens (including phenoxy) is 2. The summed E-state index contributed by atoms with van der Waals surface area (Å²) < 4.78 is 48.3. The molecule has 3 atom stereocenters. The Balaban J connectivity index is 1.25. The van der Waals surface area contributed by atoms with Gasteiger partial charge in [0.05, 0.1) is 12.8 Å². The number of hydrogen-bond acceptors (Lipinski definition) is 6. The van der Waals surface area contributed by atoms with E-state index in [1.54, 1.807) is 18.9 Å². The maximum absolute atomic E-state index is 13.3. The first-order chi connectivity index (χ1) is 22.8. The molecule has 5 rings (SSSR count). The van der Waals surface area contributed by atoms with Crippen molar-refractivity contribution in [2.75, 3.05) is 17.8 Å². The van der Waals surface area contributed by atoms with Gasteiger partial charge in [0.2, 0.25) is 0 Å². The molecule has 48 heavy (non-hydrogen) atoms. The number of carbonyl (C=O) groups excluding carboxylic acids is 1. The van der Waals surface area contributed by atoms with Gasteiger partial charge in [-0.1, -0.05) is 56.8 Å². The second-order valence-corrected chi connectivity index (χ2v) is 13.1. The normalized spacial score (nSPS) is 17.3. The van der Waals surface area contributed by atoms with Gasteiger partial charge in [0.15, 0.2) is 11.0 Å². The number of urea groups is 1. The lowest BCUT2D eigenvalue weighted by Crippen LogP contribution is -2.43. The van der Waals surface area contributed by atoms with Crippen molar-refractivity contribution in [1.82, 2.24) is 20.1 Å². The van der Waals surface area contributed by atoms with Crippen molar-refractivity contribution in [2.45, 2.75) is 71.3 Å². The molecule has 0 spiro atoms. The monoisotopic (exact) mass is 680 g/mol. The molecule has 4 aromatic rings. The number of thioether (sulfide) groups is 1. The van der Waals surface area contributed by atoms with E-state index in [2.05, 4.69) is 56.9 Å². The van der Waals surface area contributed by atoms with Crippen LogP contribution in [0.2, 0.25) is 0 Å². The molecular weight excluding hydrogens is 641 g/mol. The van der Waals surface area contributed by atoms with E-state index in [0.29, 0.717) is 16.7 Å². The lowest BCUT2D eigenvalue weighted by molar-refractivity contribution is -0.274. The molecule has 0 radical (unpaired) electrons. The smallest absolute Gasteiger partial charge is 0.497 e. The van der Waals surface area contributed by atoms with Crippen molar-refractivity contribution in [3.05, 3.63) is 84.2 Å². The summed E-state index contributed by atoms with van der Waals surface area (Å²) in [6.07, 6.45) is -2.29. The topological polar surface area (TPSA) is 93.9 Å². The maximum atomic E-state index is 13.3. The summed E-state index contributed by atoms with van der Waals surface area (Å²) in [6, 6.07) is 18.8. The van der Waals surface area contributed by atoms with Crippen LogP contribution in [0.1, 0.15) is 64.0 Å². The first-order valence-corrected chi connectivity index (χ1v) is 16.7. The lowest BCUT2D eigenvalue weighted by Gasteiger charge is -2.37. The number of anilines is 1. The van der Waals surface area contributed by atoms with E-state index < -0.39 is 6.36 Å². The number of amides is 2. The zero-order chi connectivity index (χ0) is 34.6. The fraction of sp³-hybridized carbons (Fsp3) is 0.371. The molecule has 1 saturated heterocycles. The number of hydrogen-bond donors (Lipinski definition) is 1. The number of aliphatic imine (C=N–C) groups is 1. The molecule has 1 fully saturated rings. The number of nitrogens with one attached hydrogen (secondary N) is 1. The summed E-state index contributed by atoms with van der Waals surface area (Å²) in [5.74, 6) is 2.06. The van der Waals surface area contributed by atoms with Crippen LogP contribution in [0.25, 0.3) is 17.1 Å². The van der Waals surface area contributed by atoms with Gasteiger partial charge in [0.25, 0.3) is 0 Å². The summed E-state index contributed by atoms with van der Waals surface area (Å²) in [6.45, 7) is 10.4. The third-order valence-corrected chi connectivity index (χ3v) is 9.34. The number of carbonyl (C=O) groups is 1. The molecule has 1 aromatic heterocycles. The third kappa shape index (κ3) is 8.30. The van der Waals surface area contributed by atoms with Crippen LogP contribution in [-0.4, -0.2) is 57.3 Å². The number of benzene rings is 3. The third-order valence-electron chi connectivity index (χ3n) is 8.35. The number of aromatic nitrogens is 3. The van der Waals surface area contributed by atoms with Crippen LogP contribution < -0.4 is 19.7 Å². The molecule has 3 aromatic carbocycles. The molecule has 2 amide bonds. The highest BCUT2D eigenvalue weighted by Gasteiger charge is 2.31. The van der Waals surface area contributed by atoms with E-state index in [-0.39, 0.29) is 35.7 Å². The number of rotatable bonds is 9. The van der Waals surface area contributed by atoms with E-state index in [9.17, 15) is 18.0 Å². The van der Waals surface area contributed by atoms with Gasteiger partial charge in [0.1, 0.15) is 17.8 Å². The molecule has 254 valence electrons. The van der Waals surface area contributed by atoms with Crippen LogP contribution in [-0.2, 0) is 0 Å². The van der Waals surface area contributed by atoms with Gasteiger partial charge in [-0.25, -0.2) is 14.5 Å². The van der Waals surface area contributed by atoms with Crippen LogP contribution in [0.15, 0.2) is 78.0 Å². The molecule has 13 heteroatoms. The maximum Gasteiger partial charge on any atom is 0.573 e. The average molecular weight is 681 g/mol. The van der Waals surface area contributed by atoms with Crippen molar-refractivity contribution in [3.63, 3.8) is 0 Å². The Morgan fingerprint density at radius 3 is 2.35 bits per heavy atom. The van der Waals surface area contributed by atoms with E-state index in [1.807, 2.05) is 50.2 Å². The number of nitrogens with zero attached hydrogens (tertiary/aromatic N) is 5. The Bertz CT molecular complexity index is 1740. The first-order valence-electron chi connectivity index (χ1n) is 15.7. The van der Waals surface area contributed by atoms with Crippen LogP contribution >= 0.6 is 11.8 Å². The largest absolute Gasteiger partial charge is 0.573 e. The molecule has 9 nitrogen and oxygen atoms in total. The summed E-state index contributed by atoms with van der Waals surface area (Å²) in [7, 11) is 1.66. The Kier molecular flexibility index (Phi) is 10.7. The summed E-state index contributed by atoms with van der Waals surface area (Å²) in [5.41, 5.74) is 4.49. The minimum absolute atomic E-state index is 0.0192. The molecule has 0 bridgehead atoms. The summed E-state index contributed by atoms with van der Waals surface area (Å²) in [4.78, 5) is 24.3. The summed E-state index contributed by atoms with van der Waals surface area (Å²) >= 11 is 1.59. The molecule has 0 aliphatic carbocycles. The van der Waals surface area contributed by atoms with Gasteiger partial charge < -0.3 is 19.7 Å². The van der Waals surface area contributed by atoms with Gasteiger partial charge >= 0.3 is 12.4 Å². The van der Waals surface area contributed by atoms with Crippen molar-refractivity contribution in [1.29, 1.82) is 0 Å². The number of methoxy groups -OCH3 is 1. The molecule has 1 aliphatic rings. The zero-order valence-corrected chi connectivity index (χ0v) is 28.5. The highest BCUT2D eigenvalue weighted by Crippen LogP contribution is 2.37. The standard InChI is InChI=1S/C35H39F3N6O3S/c1-21(2)30-19-29(46-6)15-16-31(30)44-22(3)17-18-48-34(44)41-33(45)40-24(5)23(4)25-7-9-26(10-8-25)32-39-20-43(42-32)27-11-13-28(14-12-27)47-35(36,37)38/h7-16,19-24H,17-18H2,1-6H3,(H,40,45). The minimum Gasteiger partial charge on any atom is -0.497 e. The fourth-order valence-electron chi connectivity index (χ4n) is 5.46. The fourth-order valence-corrected chi connectivity index (χ4v) is 6.67. The van der Waals surface area contributed by atoms with Crippen LogP contribution in [0.5, 0.6) is 11.5 Å². The van der Waals surface area contributed by atoms with Crippen molar-refractivity contribution < 1.29 is 27.4 Å². The van der Waals surface area contributed by atoms with Crippen LogP contribution in [0, 0.1) is 0 Å². The quantitative estimate of drug-likeness (QED) is 0.189. The van der Waals surface area contributed by atoms with E-state index >= 15 is 0 Å². The Morgan fingerprint density at radius 2 is 1.71 bits per heavy atom. The lowest BCUT2D eigenvalue weighted by atomic mass is 9.93. The second-order valence-electron chi connectivity index (χ2n) is 12.0. The number of amidine groups is 1. The minimum atomic E-state index is -4.76. The van der Waals surface area contributed by atoms with Gasteiger partial charge in [0, 0.05) is 35.0 Å². The molecular formula is C35H39F3N6O3S. The highest BCUT2D eigenvalue weighted by molar-refractivity contribution is 8.14. The first kappa shape index (κ1) is 34.8. The number of halogens is 3. The number of alkyl halides is 3. The van der Waals surface area contributed by atoms with Crippen molar-refractivity contribution >= 4 is 28.6 Å². The molecule has 2 heterocycles. The SMILES string of the molecule is COc1ccc(N2C(=NC(=O)NC(C)C(C)c3ccc(-c4ncn(-c5ccc(OC(F)(F)F)cc5)n4)cc3)SCCC2C)c(C(C)C)c1. The predicted molar refractivity (Wildman–Crippen MR) is 183 cm³/mol.